The minimum Gasteiger partial charge on any atom is -0.438 e. The normalized spacial score (nSPS) is 15.4. The molecule has 0 spiro atoms. The lowest BCUT2D eigenvalue weighted by Crippen LogP contribution is -2.34. The van der Waals surface area contributed by atoms with Crippen molar-refractivity contribution in [2.24, 2.45) is 0 Å². The summed E-state index contributed by atoms with van der Waals surface area (Å²) in [7, 11) is 3.74. The highest BCUT2D eigenvalue weighted by Crippen LogP contribution is 2.37. The highest BCUT2D eigenvalue weighted by Gasteiger charge is 2.33. The number of ether oxygens (including phenoxy) is 1. The first-order valence-electron chi connectivity index (χ1n) is 13.8. The summed E-state index contributed by atoms with van der Waals surface area (Å²) < 4.78 is 61.8. The quantitative estimate of drug-likeness (QED) is 0.221. The Bertz CT molecular complexity index is 1630. The first-order chi connectivity index (χ1) is 20.5. The Morgan fingerprint density at radius 1 is 1.09 bits per heavy atom. The molecule has 0 saturated carbocycles. The number of carbonyl (C=O) groups is 1. The van der Waals surface area contributed by atoms with Gasteiger partial charge in [0.15, 0.2) is 0 Å². The van der Waals surface area contributed by atoms with Crippen molar-refractivity contribution in [3.05, 3.63) is 95.7 Å². The Labute approximate surface area is 247 Å². The van der Waals surface area contributed by atoms with Crippen LogP contribution in [0.2, 0.25) is 0 Å². The van der Waals surface area contributed by atoms with Crippen LogP contribution in [0.3, 0.4) is 0 Å². The molecule has 11 heteroatoms. The second kappa shape index (κ2) is 12.4. The van der Waals surface area contributed by atoms with E-state index >= 15 is 0 Å². The molecule has 0 unspecified atom stereocenters. The molecule has 0 radical (unpaired) electrons. The van der Waals surface area contributed by atoms with E-state index < -0.39 is 29.0 Å². The van der Waals surface area contributed by atoms with Gasteiger partial charge in [-0.25, -0.2) is 9.37 Å². The van der Waals surface area contributed by atoms with Crippen LogP contribution in [0.5, 0.6) is 11.6 Å². The predicted octanol–water partition coefficient (Wildman–Crippen LogP) is 7.05. The number of aryl methyl sites for hydroxylation is 1. The van der Waals surface area contributed by atoms with E-state index in [0.29, 0.717) is 17.8 Å². The Balaban J connectivity index is 1.44. The van der Waals surface area contributed by atoms with Crippen molar-refractivity contribution in [3.8, 4) is 22.8 Å². The van der Waals surface area contributed by atoms with Gasteiger partial charge < -0.3 is 19.9 Å². The Morgan fingerprint density at radius 3 is 2.63 bits per heavy atom. The first-order valence-corrected chi connectivity index (χ1v) is 13.8. The molecule has 1 amide bonds. The third kappa shape index (κ3) is 6.77. The molecule has 224 valence electrons. The molecule has 5 rings (SSSR count). The van der Waals surface area contributed by atoms with Crippen molar-refractivity contribution in [2.75, 3.05) is 37.4 Å². The molecular formula is C32H31F4N5O2. The van der Waals surface area contributed by atoms with Crippen LogP contribution < -0.4 is 15.0 Å². The van der Waals surface area contributed by atoms with E-state index in [4.69, 9.17) is 4.74 Å². The number of likely N-dealkylation sites (tertiary alicyclic amines) is 1. The molecule has 43 heavy (non-hydrogen) atoms. The van der Waals surface area contributed by atoms with E-state index in [-0.39, 0.29) is 23.4 Å². The van der Waals surface area contributed by atoms with Crippen LogP contribution in [0.1, 0.15) is 35.0 Å². The number of nitrogens with zero attached hydrogens (tertiary/aromatic N) is 4. The molecule has 4 aromatic rings. The van der Waals surface area contributed by atoms with Crippen molar-refractivity contribution in [2.45, 2.75) is 32.0 Å². The fourth-order valence-corrected chi connectivity index (χ4v) is 5.12. The van der Waals surface area contributed by atoms with Crippen molar-refractivity contribution >= 4 is 17.3 Å². The number of hydrogen-bond donors (Lipinski definition) is 1. The Kier molecular flexibility index (Phi) is 8.63. The number of pyridine rings is 2. The number of anilines is 2. The number of benzene rings is 2. The van der Waals surface area contributed by atoms with Crippen LogP contribution in [0.4, 0.5) is 28.9 Å². The maximum Gasteiger partial charge on any atom is 0.416 e. The average Bonchev–Trinajstić information content (AvgIpc) is 3.43. The van der Waals surface area contributed by atoms with E-state index in [1.54, 1.807) is 25.5 Å². The van der Waals surface area contributed by atoms with Gasteiger partial charge in [0.1, 0.15) is 11.6 Å². The number of likely N-dealkylation sites (N-methyl/N-ethyl adjacent to an activating group) is 2. The van der Waals surface area contributed by atoms with Crippen LogP contribution in [0.25, 0.3) is 11.1 Å². The molecule has 7 nitrogen and oxygen atoms in total. The van der Waals surface area contributed by atoms with E-state index in [0.717, 1.165) is 48.8 Å². The average molecular weight is 594 g/mol. The lowest BCUT2D eigenvalue weighted by molar-refractivity contribution is -0.137. The Hall–Kier alpha value is -4.51. The molecule has 1 saturated heterocycles. The molecule has 1 N–H and O–H groups in total. The minimum atomic E-state index is -4.63. The molecular weight excluding hydrogens is 562 g/mol. The standard InChI is InChI=1S/C32H31F4N5O2/c1-4-22-16-20(11-14-37-22)25-6-5-13-38-31(25)43-24-8-9-27(33)26(18-24)30(42)39-28-17-21(32(34,35)36)7-10-29(28)41(3)23-12-15-40(2)19-23/h5-11,13-14,16-18,23H,4,12,15,19H2,1-3H3,(H,39,42)/t23-/m1/s1. The van der Waals surface area contributed by atoms with Gasteiger partial charge in [-0.3, -0.25) is 9.78 Å². The highest BCUT2D eigenvalue weighted by atomic mass is 19.4. The van der Waals surface area contributed by atoms with Gasteiger partial charge in [0.2, 0.25) is 5.88 Å². The van der Waals surface area contributed by atoms with Gasteiger partial charge in [0, 0.05) is 43.3 Å². The number of aromatic nitrogens is 2. The smallest absolute Gasteiger partial charge is 0.416 e. The van der Waals surface area contributed by atoms with E-state index in [1.807, 2.05) is 37.1 Å². The number of rotatable bonds is 8. The number of nitrogens with one attached hydrogen (secondary N) is 1. The van der Waals surface area contributed by atoms with Gasteiger partial charge in [-0.05, 0) is 92.7 Å². The van der Waals surface area contributed by atoms with Crippen LogP contribution in [0, 0.1) is 5.82 Å². The third-order valence-electron chi connectivity index (χ3n) is 7.52. The second-order valence-electron chi connectivity index (χ2n) is 10.5. The van der Waals surface area contributed by atoms with E-state index in [9.17, 15) is 22.4 Å². The zero-order valence-corrected chi connectivity index (χ0v) is 24.0. The molecule has 1 fully saturated rings. The third-order valence-corrected chi connectivity index (χ3v) is 7.52. The molecule has 1 aliphatic rings. The van der Waals surface area contributed by atoms with Crippen LogP contribution in [-0.4, -0.2) is 54.0 Å². The lowest BCUT2D eigenvalue weighted by Gasteiger charge is -2.29. The highest BCUT2D eigenvalue weighted by molar-refractivity contribution is 6.06. The summed E-state index contributed by atoms with van der Waals surface area (Å²) in [6, 6.07) is 14.2. The summed E-state index contributed by atoms with van der Waals surface area (Å²) in [5.41, 5.74) is 1.39. The maximum atomic E-state index is 15.0. The topological polar surface area (TPSA) is 70.6 Å². The summed E-state index contributed by atoms with van der Waals surface area (Å²) in [6.07, 6.45) is 0.156. The number of hydrogen-bond acceptors (Lipinski definition) is 6. The van der Waals surface area contributed by atoms with Crippen LogP contribution in [0.15, 0.2) is 73.1 Å². The van der Waals surface area contributed by atoms with Crippen molar-refractivity contribution in [1.82, 2.24) is 14.9 Å². The number of carbonyl (C=O) groups excluding carboxylic acids is 1. The zero-order chi connectivity index (χ0) is 30.7. The predicted molar refractivity (Wildman–Crippen MR) is 157 cm³/mol. The van der Waals surface area contributed by atoms with Gasteiger partial charge in [-0.15, -0.1) is 0 Å². The SMILES string of the molecule is CCc1cc(-c2cccnc2Oc2ccc(F)c(C(=O)Nc3cc(C(F)(F)F)ccc3N(C)[C@@H]3CCN(C)C3)c2)ccn1. The molecule has 2 aromatic heterocycles. The van der Waals surface area contributed by atoms with Gasteiger partial charge in [-0.2, -0.15) is 13.2 Å². The van der Waals surface area contributed by atoms with E-state index in [1.165, 1.54) is 18.2 Å². The lowest BCUT2D eigenvalue weighted by atomic mass is 10.1. The summed E-state index contributed by atoms with van der Waals surface area (Å²) >= 11 is 0. The first kappa shape index (κ1) is 30.0. The van der Waals surface area contributed by atoms with Crippen LogP contribution >= 0.6 is 0 Å². The molecule has 0 bridgehead atoms. The molecule has 1 atom stereocenters. The maximum absolute atomic E-state index is 15.0. The van der Waals surface area contributed by atoms with Crippen molar-refractivity contribution in [3.63, 3.8) is 0 Å². The largest absolute Gasteiger partial charge is 0.438 e. The molecule has 0 aliphatic carbocycles. The summed E-state index contributed by atoms with van der Waals surface area (Å²) in [4.78, 5) is 26.0. The number of halogens is 4. The molecule has 3 heterocycles. The van der Waals surface area contributed by atoms with E-state index in [2.05, 4.69) is 20.2 Å². The Morgan fingerprint density at radius 2 is 1.91 bits per heavy atom. The number of alkyl halides is 3. The minimum absolute atomic E-state index is 0.0345. The second-order valence-corrected chi connectivity index (χ2v) is 10.5. The van der Waals surface area contributed by atoms with Gasteiger partial charge in [0.05, 0.1) is 22.5 Å². The van der Waals surface area contributed by atoms with Crippen molar-refractivity contribution < 1.29 is 27.1 Å². The van der Waals surface area contributed by atoms with Crippen molar-refractivity contribution in [1.29, 1.82) is 0 Å². The monoisotopic (exact) mass is 593 g/mol. The van der Waals surface area contributed by atoms with Crippen LogP contribution in [-0.2, 0) is 12.6 Å². The zero-order valence-electron chi connectivity index (χ0n) is 24.0. The fraction of sp³-hybridized carbons (Fsp3) is 0.281. The molecule has 1 aliphatic heterocycles. The van der Waals surface area contributed by atoms with Gasteiger partial charge in [-0.1, -0.05) is 6.92 Å². The van der Waals surface area contributed by atoms with Gasteiger partial charge >= 0.3 is 6.18 Å². The number of amides is 1. The summed E-state index contributed by atoms with van der Waals surface area (Å²) in [5, 5.41) is 2.52. The summed E-state index contributed by atoms with van der Waals surface area (Å²) in [6.45, 7) is 3.55. The summed E-state index contributed by atoms with van der Waals surface area (Å²) in [5.74, 6) is -1.40. The molecule has 2 aromatic carbocycles. The van der Waals surface area contributed by atoms with Gasteiger partial charge in [0.25, 0.3) is 5.91 Å². The fourth-order valence-electron chi connectivity index (χ4n) is 5.12.